The monoisotopic (exact) mass is 535 g/mol. The molecular formula is C24H23Cl2N3O3S2. The maximum absolute atomic E-state index is 12.3. The Morgan fingerprint density at radius 1 is 1.15 bits per heavy atom. The van der Waals surface area contributed by atoms with Crippen molar-refractivity contribution in [3.05, 3.63) is 80.1 Å². The van der Waals surface area contributed by atoms with E-state index in [2.05, 4.69) is 10.6 Å². The summed E-state index contributed by atoms with van der Waals surface area (Å²) in [6.45, 7) is 2.16. The number of carbonyl (C=O) groups excluding carboxylic acids is 2. The van der Waals surface area contributed by atoms with Gasteiger partial charge in [-0.1, -0.05) is 53.5 Å². The minimum atomic E-state index is -0.553. The molecule has 4 N–H and O–H groups in total. The molecule has 3 rings (SSSR count). The van der Waals surface area contributed by atoms with Crippen molar-refractivity contribution in [3.8, 4) is 5.75 Å². The molecule has 0 aliphatic rings. The van der Waals surface area contributed by atoms with E-state index >= 15 is 0 Å². The molecule has 0 unspecified atom stereocenters. The van der Waals surface area contributed by atoms with E-state index in [4.69, 9.17) is 45.9 Å². The van der Waals surface area contributed by atoms with Crippen LogP contribution in [0.1, 0.15) is 39.2 Å². The standard InChI is InChI=1S/C24H23Cl2N3O3S2/c1-14-19(12-15-6-3-2-4-7-15)34-23(21(14)22(27)31)29-24(33)28-20(30)8-5-11-32-18-10-9-16(25)13-17(18)26/h2-4,6-7,9-10,13H,5,8,11-12H2,1H3,(H2,27,31)(H2,28,29,30,33). The van der Waals surface area contributed by atoms with Crippen LogP contribution in [0.2, 0.25) is 10.0 Å². The Morgan fingerprint density at radius 3 is 2.56 bits per heavy atom. The van der Waals surface area contributed by atoms with Gasteiger partial charge in [-0.05, 0) is 54.9 Å². The average Bonchev–Trinajstić information content (AvgIpc) is 3.07. The molecule has 34 heavy (non-hydrogen) atoms. The van der Waals surface area contributed by atoms with Gasteiger partial charge in [-0.2, -0.15) is 0 Å². The first kappa shape index (κ1) is 26.0. The molecule has 0 saturated carbocycles. The number of hydrogen-bond donors (Lipinski definition) is 3. The average molecular weight is 537 g/mol. The summed E-state index contributed by atoms with van der Waals surface area (Å²) < 4.78 is 5.58. The zero-order valence-electron chi connectivity index (χ0n) is 18.3. The Balaban J connectivity index is 1.53. The van der Waals surface area contributed by atoms with Crippen molar-refractivity contribution in [1.29, 1.82) is 0 Å². The second-order valence-electron chi connectivity index (χ2n) is 7.41. The largest absolute Gasteiger partial charge is 0.492 e. The minimum absolute atomic E-state index is 0.0988. The lowest BCUT2D eigenvalue weighted by molar-refractivity contribution is -0.119. The van der Waals surface area contributed by atoms with E-state index in [1.165, 1.54) is 11.3 Å². The highest BCUT2D eigenvalue weighted by Gasteiger charge is 2.20. The van der Waals surface area contributed by atoms with Crippen molar-refractivity contribution in [2.75, 3.05) is 11.9 Å². The predicted molar refractivity (Wildman–Crippen MR) is 142 cm³/mol. The molecule has 0 atom stereocenters. The van der Waals surface area contributed by atoms with Crippen LogP contribution in [0, 0.1) is 6.92 Å². The Bertz CT molecular complexity index is 1200. The summed E-state index contributed by atoms with van der Waals surface area (Å²) in [5.41, 5.74) is 7.91. The Kier molecular flexibility index (Phi) is 9.29. The van der Waals surface area contributed by atoms with Crippen molar-refractivity contribution in [2.24, 2.45) is 5.73 Å². The van der Waals surface area contributed by atoms with Crippen LogP contribution in [0.15, 0.2) is 48.5 Å². The van der Waals surface area contributed by atoms with Gasteiger partial charge in [0.05, 0.1) is 17.2 Å². The number of rotatable bonds is 9. The van der Waals surface area contributed by atoms with Crippen LogP contribution < -0.4 is 21.1 Å². The number of thiophene rings is 1. The first-order valence-corrected chi connectivity index (χ1v) is 12.4. The molecule has 178 valence electrons. The number of anilines is 1. The lowest BCUT2D eigenvalue weighted by atomic mass is 10.1. The third-order valence-electron chi connectivity index (χ3n) is 4.88. The number of benzene rings is 2. The van der Waals surface area contributed by atoms with Crippen molar-refractivity contribution in [1.82, 2.24) is 5.32 Å². The number of amides is 2. The maximum Gasteiger partial charge on any atom is 0.251 e. The van der Waals surface area contributed by atoms with E-state index < -0.39 is 5.91 Å². The van der Waals surface area contributed by atoms with Crippen molar-refractivity contribution in [3.63, 3.8) is 0 Å². The van der Waals surface area contributed by atoms with E-state index in [0.29, 0.717) is 45.8 Å². The molecule has 0 bridgehead atoms. The van der Waals surface area contributed by atoms with Crippen LogP contribution in [0.25, 0.3) is 0 Å². The topological polar surface area (TPSA) is 93.4 Å². The van der Waals surface area contributed by atoms with Crippen molar-refractivity contribution < 1.29 is 14.3 Å². The molecule has 0 radical (unpaired) electrons. The second kappa shape index (κ2) is 12.2. The fourth-order valence-electron chi connectivity index (χ4n) is 3.23. The first-order chi connectivity index (χ1) is 16.2. The molecule has 6 nitrogen and oxygen atoms in total. The third kappa shape index (κ3) is 7.17. The summed E-state index contributed by atoms with van der Waals surface area (Å²) in [5.74, 6) is -0.327. The number of carbonyl (C=O) groups is 2. The molecule has 0 aliphatic carbocycles. The van der Waals surface area contributed by atoms with Crippen LogP contribution in [-0.4, -0.2) is 23.5 Å². The summed E-state index contributed by atoms with van der Waals surface area (Å²) in [5, 5.41) is 7.12. The molecule has 10 heteroatoms. The number of nitrogens with two attached hydrogens (primary N) is 1. The van der Waals surface area contributed by atoms with Gasteiger partial charge < -0.3 is 21.1 Å². The van der Waals surface area contributed by atoms with Crippen LogP contribution in [0.4, 0.5) is 5.00 Å². The van der Waals surface area contributed by atoms with Gasteiger partial charge in [0.2, 0.25) is 5.91 Å². The number of thiocarbonyl (C=S) groups is 1. The van der Waals surface area contributed by atoms with E-state index in [9.17, 15) is 9.59 Å². The van der Waals surface area contributed by atoms with E-state index in [-0.39, 0.29) is 17.4 Å². The Labute approximate surface area is 217 Å². The summed E-state index contributed by atoms with van der Waals surface area (Å²) >= 11 is 18.6. The molecule has 2 aromatic carbocycles. The molecule has 0 saturated heterocycles. The fraction of sp³-hybridized carbons (Fsp3) is 0.208. The van der Waals surface area contributed by atoms with Gasteiger partial charge in [-0.25, -0.2) is 0 Å². The van der Waals surface area contributed by atoms with Crippen LogP contribution in [0.3, 0.4) is 0 Å². The van der Waals surface area contributed by atoms with Crippen LogP contribution in [0.5, 0.6) is 5.75 Å². The number of ether oxygens (including phenoxy) is 1. The summed E-state index contributed by atoms with van der Waals surface area (Å²) in [6, 6.07) is 14.9. The predicted octanol–water partition coefficient (Wildman–Crippen LogP) is 5.73. The SMILES string of the molecule is Cc1c(Cc2ccccc2)sc(NC(=S)NC(=O)CCCOc2ccc(Cl)cc2Cl)c1C(N)=O. The molecular weight excluding hydrogens is 513 g/mol. The van der Waals surface area contributed by atoms with Gasteiger partial charge in [-0.3, -0.25) is 9.59 Å². The molecule has 1 heterocycles. The fourth-order valence-corrected chi connectivity index (χ4v) is 5.22. The summed E-state index contributed by atoms with van der Waals surface area (Å²) in [6.07, 6.45) is 1.31. The summed E-state index contributed by atoms with van der Waals surface area (Å²) in [4.78, 5) is 25.3. The normalized spacial score (nSPS) is 10.6. The Morgan fingerprint density at radius 2 is 1.88 bits per heavy atom. The zero-order valence-corrected chi connectivity index (χ0v) is 21.5. The quantitative estimate of drug-likeness (QED) is 0.240. The van der Waals surface area contributed by atoms with E-state index in [1.807, 2.05) is 37.3 Å². The van der Waals surface area contributed by atoms with E-state index in [1.54, 1.807) is 18.2 Å². The molecule has 2 amide bonds. The van der Waals surface area contributed by atoms with Gasteiger partial charge in [0, 0.05) is 22.7 Å². The van der Waals surface area contributed by atoms with Gasteiger partial charge in [0.15, 0.2) is 5.11 Å². The Hall–Kier alpha value is -2.65. The highest BCUT2D eigenvalue weighted by atomic mass is 35.5. The summed E-state index contributed by atoms with van der Waals surface area (Å²) in [7, 11) is 0. The van der Waals surface area contributed by atoms with Crippen LogP contribution in [-0.2, 0) is 11.2 Å². The van der Waals surface area contributed by atoms with Gasteiger partial charge in [-0.15, -0.1) is 11.3 Å². The number of halogens is 2. The van der Waals surface area contributed by atoms with E-state index in [0.717, 1.165) is 16.0 Å². The first-order valence-electron chi connectivity index (χ1n) is 10.4. The van der Waals surface area contributed by atoms with Crippen LogP contribution >= 0.6 is 46.8 Å². The highest BCUT2D eigenvalue weighted by Crippen LogP contribution is 2.34. The van der Waals surface area contributed by atoms with Crippen molar-refractivity contribution in [2.45, 2.75) is 26.2 Å². The lowest BCUT2D eigenvalue weighted by Gasteiger charge is -2.10. The number of hydrogen-bond acceptors (Lipinski definition) is 5. The molecule has 0 fully saturated rings. The molecule has 1 aromatic heterocycles. The number of nitrogens with one attached hydrogen (secondary N) is 2. The second-order valence-corrected chi connectivity index (χ2v) is 9.77. The number of primary amides is 1. The smallest absolute Gasteiger partial charge is 0.251 e. The van der Waals surface area contributed by atoms with Crippen molar-refractivity contribution >= 4 is 68.7 Å². The lowest BCUT2D eigenvalue weighted by Crippen LogP contribution is -2.34. The highest BCUT2D eigenvalue weighted by molar-refractivity contribution is 7.80. The molecule has 0 aliphatic heterocycles. The van der Waals surface area contributed by atoms with Gasteiger partial charge in [0.1, 0.15) is 10.8 Å². The molecule has 0 spiro atoms. The third-order valence-corrected chi connectivity index (χ3v) is 6.82. The van der Waals surface area contributed by atoms with Gasteiger partial charge >= 0.3 is 0 Å². The minimum Gasteiger partial charge on any atom is -0.492 e. The molecule has 3 aromatic rings. The van der Waals surface area contributed by atoms with Gasteiger partial charge in [0.25, 0.3) is 5.91 Å². The zero-order chi connectivity index (χ0) is 24.7. The maximum atomic E-state index is 12.3.